The Morgan fingerprint density at radius 3 is 2.32 bits per heavy atom. The second-order valence-corrected chi connectivity index (χ2v) is 8.31. The Balaban J connectivity index is 1.43. The number of nitrogens with one attached hydrogen (secondary N) is 2. The van der Waals surface area contributed by atoms with Crippen LogP contribution in [-0.2, 0) is 16.4 Å². The minimum absolute atomic E-state index is 0.103. The molecule has 0 aliphatic carbocycles. The molecular weight excluding hydrogens is 386 g/mol. The van der Waals surface area contributed by atoms with Crippen molar-refractivity contribution in [1.29, 1.82) is 0 Å². The summed E-state index contributed by atoms with van der Waals surface area (Å²) >= 11 is 0. The summed E-state index contributed by atoms with van der Waals surface area (Å²) in [5.41, 5.74) is 6.67. The first-order valence-corrected chi connectivity index (χ1v) is 10.3. The van der Waals surface area contributed by atoms with Gasteiger partial charge in [0.25, 0.3) is 11.8 Å². The van der Waals surface area contributed by atoms with Crippen LogP contribution in [-0.4, -0.2) is 39.8 Å². The van der Waals surface area contributed by atoms with Gasteiger partial charge in [0, 0.05) is 17.7 Å². The van der Waals surface area contributed by atoms with Crippen molar-refractivity contribution in [3.05, 3.63) is 53.1 Å². The lowest BCUT2D eigenvalue weighted by atomic mass is 10.1. The molecule has 0 spiro atoms. The smallest absolute Gasteiger partial charge is 0.269 e. The number of benzene rings is 2. The Labute approximate surface area is 161 Å². The summed E-state index contributed by atoms with van der Waals surface area (Å²) in [6.07, 6.45) is 1.67. The summed E-state index contributed by atoms with van der Waals surface area (Å²) in [5.74, 6) is 0.0145. The summed E-state index contributed by atoms with van der Waals surface area (Å²) in [6.45, 7) is 0.451. The molecule has 0 bridgehead atoms. The average Bonchev–Trinajstić information content (AvgIpc) is 3.30. The zero-order chi connectivity index (χ0) is 19.9. The molecule has 0 aromatic heterocycles. The van der Waals surface area contributed by atoms with Crippen molar-refractivity contribution < 1.29 is 27.5 Å². The van der Waals surface area contributed by atoms with Gasteiger partial charge in [0.2, 0.25) is 16.8 Å². The fourth-order valence-electron chi connectivity index (χ4n) is 3.15. The van der Waals surface area contributed by atoms with E-state index in [0.717, 1.165) is 11.8 Å². The van der Waals surface area contributed by atoms with Gasteiger partial charge in [-0.15, -0.1) is 0 Å². The molecule has 2 aliphatic heterocycles. The number of nitrogens with zero attached hydrogens (tertiary/aromatic N) is 1. The molecule has 2 aliphatic rings. The van der Waals surface area contributed by atoms with E-state index in [1.807, 2.05) is 0 Å². The maximum atomic E-state index is 12.3. The maximum Gasteiger partial charge on any atom is 0.269 e. The van der Waals surface area contributed by atoms with Gasteiger partial charge < -0.3 is 9.47 Å². The fraction of sp³-hybridized carbons (Fsp3) is 0.222. The summed E-state index contributed by atoms with van der Waals surface area (Å²) < 4.78 is 35.3. The van der Waals surface area contributed by atoms with E-state index in [9.17, 15) is 18.0 Å². The number of hydrogen-bond acceptors (Lipinski definition) is 6. The van der Waals surface area contributed by atoms with E-state index in [1.165, 1.54) is 16.4 Å². The highest BCUT2D eigenvalue weighted by molar-refractivity contribution is 7.92. The van der Waals surface area contributed by atoms with E-state index >= 15 is 0 Å². The molecular formula is C18H17N3O6S. The Morgan fingerprint density at radius 1 is 0.964 bits per heavy atom. The molecule has 4 rings (SSSR count). The molecule has 0 saturated carbocycles. The van der Waals surface area contributed by atoms with E-state index in [2.05, 4.69) is 10.9 Å². The van der Waals surface area contributed by atoms with Gasteiger partial charge in [-0.2, -0.15) is 0 Å². The lowest BCUT2D eigenvalue weighted by molar-refractivity contribution is 0.0846. The quantitative estimate of drug-likeness (QED) is 0.734. The van der Waals surface area contributed by atoms with Crippen LogP contribution in [0.25, 0.3) is 0 Å². The van der Waals surface area contributed by atoms with Gasteiger partial charge in [-0.1, -0.05) is 0 Å². The molecule has 146 valence electrons. The van der Waals surface area contributed by atoms with Crippen molar-refractivity contribution in [2.75, 3.05) is 23.9 Å². The Bertz CT molecular complexity index is 1080. The van der Waals surface area contributed by atoms with Gasteiger partial charge in [-0.05, 0) is 48.4 Å². The topological polar surface area (TPSA) is 114 Å². The largest absolute Gasteiger partial charge is 0.454 e. The highest BCUT2D eigenvalue weighted by Crippen LogP contribution is 2.32. The minimum Gasteiger partial charge on any atom is -0.454 e. The molecule has 2 aromatic rings. The van der Waals surface area contributed by atoms with Crippen molar-refractivity contribution in [3.8, 4) is 11.5 Å². The summed E-state index contributed by atoms with van der Waals surface area (Å²) in [7, 11) is -3.35. The number of fused-ring (bicyclic) bond motifs is 2. The minimum atomic E-state index is -3.35. The SMILES string of the molecule is CS(=O)(=O)N1CCc2cc(C(=O)NNC(=O)c3ccc4c(c3)OCO4)ccc21. The molecule has 2 aromatic carbocycles. The van der Waals surface area contributed by atoms with Crippen molar-refractivity contribution in [1.82, 2.24) is 10.9 Å². The third-order valence-corrected chi connectivity index (χ3v) is 5.70. The zero-order valence-electron chi connectivity index (χ0n) is 14.9. The molecule has 28 heavy (non-hydrogen) atoms. The van der Waals surface area contributed by atoms with E-state index < -0.39 is 21.8 Å². The standard InChI is InChI=1S/C18H17N3O6S/c1-28(24,25)21-7-6-11-8-12(2-4-14(11)21)17(22)19-20-18(23)13-3-5-15-16(9-13)27-10-26-15/h2-5,8-9H,6-7,10H2,1H3,(H,19,22)(H,20,23). The molecule has 0 radical (unpaired) electrons. The van der Waals surface area contributed by atoms with Crippen LogP contribution in [0.5, 0.6) is 11.5 Å². The van der Waals surface area contributed by atoms with Crippen molar-refractivity contribution in [2.45, 2.75) is 6.42 Å². The van der Waals surface area contributed by atoms with Crippen molar-refractivity contribution in [3.63, 3.8) is 0 Å². The average molecular weight is 403 g/mol. The molecule has 9 nitrogen and oxygen atoms in total. The molecule has 2 heterocycles. The van der Waals surface area contributed by atoms with Gasteiger partial charge in [0.15, 0.2) is 11.5 Å². The summed E-state index contributed by atoms with van der Waals surface area (Å²) in [5, 5.41) is 0. The first-order valence-electron chi connectivity index (χ1n) is 8.44. The third-order valence-electron chi connectivity index (χ3n) is 4.52. The molecule has 2 amide bonds. The van der Waals surface area contributed by atoms with Crippen LogP contribution in [0, 0.1) is 0 Å². The maximum absolute atomic E-state index is 12.3. The van der Waals surface area contributed by atoms with Gasteiger partial charge in [0.1, 0.15) is 0 Å². The van der Waals surface area contributed by atoms with E-state index in [1.54, 1.807) is 24.3 Å². The second kappa shape index (κ2) is 6.71. The normalized spacial score (nSPS) is 14.5. The number of ether oxygens (including phenoxy) is 2. The molecule has 0 unspecified atom stereocenters. The molecule has 0 atom stereocenters. The fourth-order valence-corrected chi connectivity index (χ4v) is 4.11. The van der Waals surface area contributed by atoms with Crippen LogP contribution in [0.3, 0.4) is 0 Å². The lowest BCUT2D eigenvalue weighted by Gasteiger charge is -2.16. The van der Waals surface area contributed by atoms with Crippen molar-refractivity contribution in [2.24, 2.45) is 0 Å². The van der Waals surface area contributed by atoms with Crippen LogP contribution in [0.15, 0.2) is 36.4 Å². The molecule has 0 fully saturated rings. The number of hydrazine groups is 1. The van der Waals surface area contributed by atoms with Gasteiger partial charge in [-0.25, -0.2) is 8.42 Å². The molecule has 10 heteroatoms. The first kappa shape index (κ1) is 18.1. The number of carbonyl (C=O) groups excluding carboxylic acids is 2. The van der Waals surface area contributed by atoms with Crippen LogP contribution >= 0.6 is 0 Å². The van der Waals surface area contributed by atoms with E-state index in [-0.39, 0.29) is 6.79 Å². The van der Waals surface area contributed by atoms with E-state index in [0.29, 0.717) is 41.3 Å². The number of amides is 2. The second-order valence-electron chi connectivity index (χ2n) is 6.40. The summed E-state index contributed by atoms with van der Waals surface area (Å²) in [4.78, 5) is 24.6. The van der Waals surface area contributed by atoms with Crippen molar-refractivity contribution >= 4 is 27.5 Å². The molecule has 2 N–H and O–H groups in total. The number of hydrogen-bond donors (Lipinski definition) is 2. The molecule has 0 saturated heterocycles. The Kier molecular flexibility index (Phi) is 4.34. The van der Waals surface area contributed by atoms with Gasteiger partial charge in [-0.3, -0.25) is 24.7 Å². The first-order chi connectivity index (χ1) is 13.3. The van der Waals surface area contributed by atoms with Crippen LogP contribution in [0.4, 0.5) is 5.69 Å². The Morgan fingerprint density at radius 2 is 1.61 bits per heavy atom. The highest BCUT2D eigenvalue weighted by atomic mass is 32.2. The van der Waals surface area contributed by atoms with Gasteiger partial charge in [0.05, 0.1) is 11.9 Å². The number of anilines is 1. The third kappa shape index (κ3) is 3.33. The van der Waals surface area contributed by atoms with E-state index in [4.69, 9.17) is 9.47 Å². The van der Waals surface area contributed by atoms with Crippen LogP contribution < -0.4 is 24.6 Å². The summed E-state index contributed by atoms with van der Waals surface area (Å²) in [6, 6.07) is 9.45. The highest BCUT2D eigenvalue weighted by Gasteiger charge is 2.26. The van der Waals surface area contributed by atoms with Crippen LogP contribution in [0.1, 0.15) is 26.3 Å². The predicted molar refractivity (Wildman–Crippen MR) is 99.8 cm³/mol. The monoisotopic (exact) mass is 403 g/mol. The predicted octanol–water partition coefficient (Wildman–Crippen LogP) is 0.812. The number of carbonyl (C=O) groups is 2. The number of sulfonamides is 1. The zero-order valence-corrected chi connectivity index (χ0v) is 15.7. The van der Waals surface area contributed by atoms with Crippen LogP contribution in [0.2, 0.25) is 0 Å². The number of rotatable bonds is 3. The lowest BCUT2D eigenvalue weighted by Crippen LogP contribution is -2.41. The van der Waals surface area contributed by atoms with Gasteiger partial charge >= 0.3 is 0 Å². The Hall–Kier alpha value is -3.27.